The van der Waals surface area contributed by atoms with Crippen molar-refractivity contribution in [2.24, 2.45) is 0 Å². The van der Waals surface area contributed by atoms with Gasteiger partial charge in [-0.25, -0.2) is 9.97 Å². The van der Waals surface area contributed by atoms with Crippen molar-refractivity contribution in [3.63, 3.8) is 0 Å². The first-order valence-corrected chi connectivity index (χ1v) is 5.56. The summed E-state index contributed by atoms with van der Waals surface area (Å²) < 4.78 is 0. The molecule has 0 atom stereocenters. The van der Waals surface area contributed by atoms with Gasteiger partial charge >= 0.3 is 0 Å². The Labute approximate surface area is 109 Å². The minimum Gasteiger partial charge on any atom is -0.395 e. The van der Waals surface area contributed by atoms with Crippen molar-refractivity contribution in [2.75, 3.05) is 22.5 Å². The average Bonchev–Trinajstić information content (AvgIpc) is 2.34. The molecule has 94 valence electrons. The van der Waals surface area contributed by atoms with Crippen LogP contribution in [0.4, 0.5) is 28.7 Å². The molecular formula is C11H13ClN6. The Morgan fingerprint density at radius 3 is 2.56 bits per heavy atom. The van der Waals surface area contributed by atoms with E-state index in [4.69, 9.17) is 28.8 Å². The van der Waals surface area contributed by atoms with Crippen molar-refractivity contribution in [3.8, 4) is 0 Å². The summed E-state index contributed by atoms with van der Waals surface area (Å²) >= 11 is 6.04. The summed E-state index contributed by atoms with van der Waals surface area (Å²) in [7, 11) is 0. The fourth-order valence-corrected chi connectivity index (χ4v) is 1.68. The zero-order chi connectivity index (χ0) is 13.3. The molecule has 0 saturated heterocycles. The van der Waals surface area contributed by atoms with Crippen LogP contribution >= 0.6 is 11.6 Å². The molecule has 0 aromatic carbocycles. The molecule has 0 aliphatic heterocycles. The van der Waals surface area contributed by atoms with Gasteiger partial charge in [0.25, 0.3) is 0 Å². The van der Waals surface area contributed by atoms with Gasteiger partial charge in [-0.3, -0.25) is 0 Å². The van der Waals surface area contributed by atoms with Gasteiger partial charge in [0, 0.05) is 11.8 Å². The maximum atomic E-state index is 6.04. The number of halogens is 1. The number of hydrogen-bond donors (Lipinski definition) is 4. The van der Waals surface area contributed by atoms with Crippen LogP contribution in [0.1, 0.15) is 5.56 Å². The highest BCUT2D eigenvalue weighted by Crippen LogP contribution is 2.32. The first kappa shape index (κ1) is 12.3. The Morgan fingerprint density at radius 1 is 1.17 bits per heavy atom. The second kappa shape index (κ2) is 4.58. The van der Waals surface area contributed by atoms with E-state index < -0.39 is 0 Å². The number of nitrogens with two attached hydrogens (primary N) is 3. The molecule has 6 nitrogen and oxygen atoms in total. The van der Waals surface area contributed by atoms with E-state index in [9.17, 15) is 0 Å². The summed E-state index contributed by atoms with van der Waals surface area (Å²) in [6.07, 6.45) is 3.11. The Morgan fingerprint density at radius 2 is 1.89 bits per heavy atom. The van der Waals surface area contributed by atoms with Crippen LogP contribution in [0.25, 0.3) is 0 Å². The van der Waals surface area contributed by atoms with Crippen molar-refractivity contribution in [1.29, 1.82) is 0 Å². The van der Waals surface area contributed by atoms with Crippen molar-refractivity contribution in [2.45, 2.75) is 6.92 Å². The maximum Gasteiger partial charge on any atom is 0.148 e. The number of nitrogens with one attached hydrogen (secondary N) is 1. The highest BCUT2D eigenvalue weighted by Gasteiger charge is 2.10. The van der Waals surface area contributed by atoms with Crippen LogP contribution in [0, 0.1) is 6.92 Å². The van der Waals surface area contributed by atoms with Crippen molar-refractivity contribution in [1.82, 2.24) is 9.97 Å². The highest BCUT2D eigenvalue weighted by atomic mass is 35.5. The van der Waals surface area contributed by atoms with E-state index in [1.165, 1.54) is 6.20 Å². The monoisotopic (exact) mass is 264 g/mol. The molecule has 0 bridgehead atoms. The van der Waals surface area contributed by atoms with E-state index in [-0.39, 0.29) is 0 Å². The topological polar surface area (TPSA) is 116 Å². The fourth-order valence-electron chi connectivity index (χ4n) is 1.48. The smallest absolute Gasteiger partial charge is 0.148 e. The molecule has 0 aliphatic carbocycles. The molecule has 0 unspecified atom stereocenters. The van der Waals surface area contributed by atoms with Crippen molar-refractivity contribution < 1.29 is 0 Å². The Bertz CT molecular complexity index is 578. The minimum atomic E-state index is 0.295. The molecule has 0 fully saturated rings. The molecule has 18 heavy (non-hydrogen) atoms. The van der Waals surface area contributed by atoms with Crippen molar-refractivity contribution in [3.05, 3.63) is 29.0 Å². The molecule has 0 spiro atoms. The molecule has 0 saturated carbocycles. The van der Waals surface area contributed by atoms with Crippen LogP contribution in [0.3, 0.4) is 0 Å². The van der Waals surface area contributed by atoms with Gasteiger partial charge < -0.3 is 22.5 Å². The first-order chi connectivity index (χ1) is 8.50. The molecule has 0 radical (unpaired) electrons. The number of rotatable bonds is 2. The van der Waals surface area contributed by atoms with Gasteiger partial charge in [-0.05, 0) is 13.0 Å². The number of pyridine rings is 2. The SMILES string of the molecule is Cc1c(Nc2c(Cl)ccnc2N)cnc(N)c1N. The Balaban J connectivity index is 2.44. The van der Waals surface area contributed by atoms with Gasteiger partial charge in [0.2, 0.25) is 0 Å². The summed E-state index contributed by atoms with van der Waals surface area (Å²) in [6.45, 7) is 1.83. The Hall–Kier alpha value is -2.21. The summed E-state index contributed by atoms with van der Waals surface area (Å²) in [6, 6.07) is 1.64. The molecule has 2 heterocycles. The quantitative estimate of drug-likeness (QED) is 0.659. The third kappa shape index (κ3) is 2.10. The summed E-state index contributed by atoms with van der Waals surface area (Å²) in [5, 5.41) is 3.53. The summed E-state index contributed by atoms with van der Waals surface area (Å²) in [5.41, 5.74) is 19.6. The van der Waals surface area contributed by atoms with E-state index in [1.807, 2.05) is 6.92 Å². The average molecular weight is 265 g/mol. The predicted molar refractivity (Wildman–Crippen MR) is 74.7 cm³/mol. The normalized spacial score (nSPS) is 10.3. The third-order valence-corrected chi connectivity index (χ3v) is 2.92. The molecule has 2 aromatic rings. The molecule has 7 N–H and O–H groups in total. The Kier molecular flexibility index (Phi) is 3.12. The van der Waals surface area contributed by atoms with Crippen LogP contribution in [0.5, 0.6) is 0 Å². The molecule has 2 rings (SSSR count). The fraction of sp³-hybridized carbons (Fsp3) is 0.0909. The van der Waals surface area contributed by atoms with Gasteiger partial charge in [-0.1, -0.05) is 11.6 Å². The maximum absolute atomic E-state index is 6.04. The molecular weight excluding hydrogens is 252 g/mol. The number of hydrogen-bond acceptors (Lipinski definition) is 6. The van der Waals surface area contributed by atoms with Gasteiger partial charge in [-0.15, -0.1) is 0 Å². The lowest BCUT2D eigenvalue weighted by atomic mass is 10.2. The molecule has 0 amide bonds. The van der Waals surface area contributed by atoms with Gasteiger partial charge in [0.15, 0.2) is 0 Å². The van der Waals surface area contributed by atoms with Gasteiger partial charge in [0.1, 0.15) is 17.3 Å². The van der Waals surface area contributed by atoms with E-state index in [0.29, 0.717) is 33.7 Å². The van der Waals surface area contributed by atoms with Crippen LogP contribution < -0.4 is 22.5 Å². The number of aromatic nitrogens is 2. The number of nitrogens with zero attached hydrogens (tertiary/aromatic N) is 2. The number of nitrogen functional groups attached to an aromatic ring is 3. The minimum absolute atomic E-state index is 0.295. The summed E-state index contributed by atoms with van der Waals surface area (Å²) in [5.74, 6) is 0.598. The first-order valence-electron chi connectivity index (χ1n) is 5.18. The van der Waals surface area contributed by atoms with E-state index in [2.05, 4.69) is 15.3 Å². The van der Waals surface area contributed by atoms with Crippen LogP contribution in [0.2, 0.25) is 5.02 Å². The van der Waals surface area contributed by atoms with Gasteiger partial charge in [0.05, 0.1) is 22.6 Å². The van der Waals surface area contributed by atoms with E-state index in [0.717, 1.165) is 5.56 Å². The lowest BCUT2D eigenvalue weighted by molar-refractivity contribution is 1.28. The van der Waals surface area contributed by atoms with Gasteiger partial charge in [-0.2, -0.15) is 0 Å². The standard InChI is InChI=1S/C11H13ClN6/c1-5-7(4-17-10(14)8(5)13)18-9-6(12)2-3-16-11(9)15/h2-4,18H,13H2,1H3,(H2,14,17)(H2,15,16). The van der Waals surface area contributed by atoms with E-state index >= 15 is 0 Å². The zero-order valence-corrected chi connectivity index (χ0v) is 10.5. The molecule has 7 heteroatoms. The zero-order valence-electron chi connectivity index (χ0n) is 9.74. The molecule has 2 aromatic heterocycles. The largest absolute Gasteiger partial charge is 0.395 e. The highest BCUT2D eigenvalue weighted by molar-refractivity contribution is 6.33. The predicted octanol–water partition coefficient (Wildman–Crippen LogP) is 1.93. The van der Waals surface area contributed by atoms with Crippen LogP contribution in [-0.2, 0) is 0 Å². The lowest BCUT2D eigenvalue weighted by Gasteiger charge is -2.14. The third-order valence-electron chi connectivity index (χ3n) is 2.61. The lowest BCUT2D eigenvalue weighted by Crippen LogP contribution is -2.05. The number of anilines is 5. The van der Waals surface area contributed by atoms with Crippen LogP contribution in [0.15, 0.2) is 18.5 Å². The molecule has 0 aliphatic rings. The second-order valence-corrected chi connectivity index (χ2v) is 4.18. The summed E-state index contributed by atoms with van der Waals surface area (Å²) in [4.78, 5) is 7.94. The second-order valence-electron chi connectivity index (χ2n) is 3.77. The van der Waals surface area contributed by atoms with Crippen LogP contribution in [-0.4, -0.2) is 9.97 Å². The van der Waals surface area contributed by atoms with Crippen molar-refractivity contribution >= 4 is 40.3 Å². The van der Waals surface area contributed by atoms with E-state index in [1.54, 1.807) is 12.3 Å².